The Morgan fingerprint density at radius 2 is 1.75 bits per heavy atom. The zero-order valence-corrected chi connectivity index (χ0v) is 20.0. The molecule has 0 atom stereocenters. The average molecular weight is 507 g/mol. The third-order valence-corrected chi connectivity index (χ3v) is 4.72. The second kappa shape index (κ2) is 12.6. The number of benzene rings is 1. The van der Waals surface area contributed by atoms with Gasteiger partial charge in [-0.2, -0.15) is 8.78 Å². The van der Waals surface area contributed by atoms with E-state index >= 15 is 0 Å². The molecule has 2 amide bonds. The highest BCUT2D eigenvalue weighted by Gasteiger charge is 2.23. The van der Waals surface area contributed by atoms with Gasteiger partial charge in [-0.05, 0) is 37.5 Å². The van der Waals surface area contributed by atoms with E-state index in [9.17, 15) is 18.4 Å². The predicted octanol–water partition coefficient (Wildman–Crippen LogP) is 2.52. The maximum Gasteiger partial charge on any atom is 0.407 e. The van der Waals surface area contributed by atoms with Crippen LogP contribution in [0.4, 0.5) is 13.6 Å². The Kier molecular flexibility index (Phi) is 9.25. The van der Waals surface area contributed by atoms with Gasteiger partial charge in [0, 0.05) is 26.6 Å². The number of hydrogen-bond acceptors (Lipinski definition) is 8. The summed E-state index contributed by atoms with van der Waals surface area (Å²) in [6, 6.07) is 6.11. The highest BCUT2D eigenvalue weighted by Crippen LogP contribution is 2.21. The Morgan fingerprint density at radius 1 is 1.03 bits per heavy atom. The molecule has 3 rings (SSSR count). The number of aryl methyl sites for hydroxylation is 2. The lowest BCUT2D eigenvalue weighted by molar-refractivity contribution is -0.159. The number of amides is 2. The number of halogens is 2. The van der Waals surface area contributed by atoms with Crippen molar-refractivity contribution in [3.05, 3.63) is 53.6 Å². The molecule has 1 aromatic carbocycles. The van der Waals surface area contributed by atoms with Crippen LogP contribution in [0.25, 0.3) is 0 Å². The number of carbonyl (C=O) groups is 2. The van der Waals surface area contributed by atoms with E-state index in [0.717, 1.165) is 12.8 Å². The van der Waals surface area contributed by atoms with Crippen molar-refractivity contribution < 1.29 is 27.8 Å². The molecule has 0 bridgehead atoms. The molecule has 0 aliphatic rings. The van der Waals surface area contributed by atoms with Crippen LogP contribution in [0.1, 0.15) is 48.4 Å². The lowest BCUT2D eigenvalue weighted by Gasteiger charge is -2.13. The first-order valence-electron chi connectivity index (χ1n) is 11.4. The summed E-state index contributed by atoms with van der Waals surface area (Å²) in [6.07, 6.45) is 1.04. The zero-order valence-electron chi connectivity index (χ0n) is 20.0. The standard InChI is InChI=1S/C22H28F2N8O4/c1-3-35-21(34)26-13-17-14-31(29-27-17)9-4-5-10-32-15-19(28-30-32)20(33)25-12-16-7-6-8-18(11-16)36-22(2,23)24/h6-8,11,14-15H,3-5,9-10,12-13H2,1-2H3,(H,25,33)(H,26,34). The Labute approximate surface area is 205 Å². The van der Waals surface area contributed by atoms with Crippen LogP contribution in [0.5, 0.6) is 5.75 Å². The highest BCUT2D eigenvalue weighted by atomic mass is 19.3. The number of nitrogens with one attached hydrogen (secondary N) is 2. The molecule has 14 heteroatoms. The number of alkyl halides is 2. The van der Waals surface area contributed by atoms with E-state index in [4.69, 9.17) is 4.74 Å². The molecule has 0 radical (unpaired) electrons. The molecule has 0 fully saturated rings. The number of rotatable bonds is 13. The van der Waals surface area contributed by atoms with Crippen LogP contribution in [0, 0.1) is 0 Å². The second-order valence-electron chi connectivity index (χ2n) is 7.86. The van der Waals surface area contributed by atoms with Crippen molar-refractivity contribution in [1.29, 1.82) is 0 Å². The third-order valence-electron chi connectivity index (χ3n) is 4.72. The van der Waals surface area contributed by atoms with E-state index in [1.165, 1.54) is 12.1 Å². The summed E-state index contributed by atoms with van der Waals surface area (Å²) in [7, 11) is 0. The minimum atomic E-state index is -3.29. The first-order chi connectivity index (χ1) is 17.2. The van der Waals surface area contributed by atoms with Crippen molar-refractivity contribution in [2.45, 2.75) is 59.0 Å². The van der Waals surface area contributed by atoms with Gasteiger partial charge in [0.05, 0.1) is 25.5 Å². The van der Waals surface area contributed by atoms with Gasteiger partial charge in [-0.3, -0.25) is 14.2 Å². The maximum absolute atomic E-state index is 13.0. The van der Waals surface area contributed by atoms with Gasteiger partial charge in [-0.25, -0.2) is 4.79 Å². The molecule has 194 valence electrons. The van der Waals surface area contributed by atoms with Crippen LogP contribution in [-0.2, 0) is 30.9 Å². The molecule has 12 nitrogen and oxygen atoms in total. The predicted molar refractivity (Wildman–Crippen MR) is 122 cm³/mol. The van der Waals surface area contributed by atoms with Gasteiger partial charge >= 0.3 is 12.2 Å². The van der Waals surface area contributed by atoms with Crippen LogP contribution in [0.15, 0.2) is 36.7 Å². The smallest absolute Gasteiger partial charge is 0.407 e. The Hall–Kier alpha value is -4.10. The minimum absolute atomic E-state index is 0.00986. The second-order valence-corrected chi connectivity index (χ2v) is 7.86. The van der Waals surface area contributed by atoms with Crippen LogP contribution in [0.3, 0.4) is 0 Å². The van der Waals surface area contributed by atoms with Crippen LogP contribution >= 0.6 is 0 Å². The van der Waals surface area contributed by atoms with E-state index in [1.807, 2.05) is 0 Å². The number of aromatic nitrogens is 6. The molecule has 0 unspecified atom stereocenters. The first-order valence-corrected chi connectivity index (χ1v) is 11.4. The molecule has 2 aromatic heterocycles. The fraction of sp³-hybridized carbons (Fsp3) is 0.455. The third kappa shape index (κ3) is 8.92. The SMILES string of the molecule is CCOC(=O)NCc1cn(CCCCn2cc(C(=O)NCc3cccc(OC(C)(F)F)c3)nn2)nn1. The lowest BCUT2D eigenvalue weighted by Crippen LogP contribution is -2.23. The van der Waals surface area contributed by atoms with Crippen molar-refractivity contribution in [1.82, 2.24) is 40.6 Å². The Morgan fingerprint density at radius 3 is 2.47 bits per heavy atom. The largest absolute Gasteiger partial charge is 0.450 e. The summed E-state index contributed by atoms with van der Waals surface area (Å²) in [4.78, 5) is 23.7. The van der Waals surface area contributed by atoms with Crippen LogP contribution in [-0.4, -0.2) is 54.7 Å². The average Bonchev–Trinajstić information content (AvgIpc) is 3.48. The molecular weight excluding hydrogens is 478 g/mol. The summed E-state index contributed by atoms with van der Waals surface area (Å²) >= 11 is 0. The minimum Gasteiger partial charge on any atom is -0.450 e. The molecule has 0 saturated carbocycles. The quantitative estimate of drug-likeness (QED) is 0.337. The van der Waals surface area contributed by atoms with Crippen molar-refractivity contribution in [3.8, 4) is 5.75 Å². The highest BCUT2D eigenvalue weighted by molar-refractivity contribution is 5.91. The van der Waals surface area contributed by atoms with E-state index < -0.39 is 18.1 Å². The molecule has 3 aromatic rings. The fourth-order valence-electron chi connectivity index (χ4n) is 3.13. The number of alkyl carbamates (subject to hydrolysis) is 1. The van der Waals surface area contributed by atoms with Crippen LogP contribution in [0.2, 0.25) is 0 Å². The number of nitrogens with zero attached hydrogens (tertiary/aromatic N) is 6. The first kappa shape index (κ1) is 26.5. The van der Waals surface area contributed by atoms with Gasteiger partial charge in [0.15, 0.2) is 5.69 Å². The topological polar surface area (TPSA) is 138 Å². The van der Waals surface area contributed by atoms with Gasteiger partial charge in [-0.1, -0.05) is 22.6 Å². The summed E-state index contributed by atoms with van der Waals surface area (Å²) in [5.41, 5.74) is 1.38. The molecule has 2 N–H and O–H groups in total. The summed E-state index contributed by atoms with van der Waals surface area (Å²) in [5, 5.41) is 21.1. The van der Waals surface area contributed by atoms with Gasteiger partial charge < -0.3 is 20.1 Å². The number of hydrogen-bond donors (Lipinski definition) is 2. The summed E-state index contributed by atoms with van der Waals surface area (Å²) < 4.78 is 38.6. The molecule has 0 spiro atoms. The Balaban J connectivity index is 1.37. The van der Waals surface area contributed by atoms with Crippen LogP contribution < -0.4 is 15.4 Å². The number of ether oxygens (including phenoxy) is 2. The monoisotopic (exact) mass is 506 g/mol. The molecule has 0 aliphatic carbocycles. The molecular formula is C22H28F2N8O4. The Bertz CT molecular complexity index is 1150. The van der Waals surface area contributed by atoms with Crippen molar-refractivity contribution >= 4 is 12.0 Å². The molecule has 36 heavy (non-hydrogen) atoms. The van der Waals surface area contributed by atoms with Gasteiger partial charge in [-0.15, -0.1) is 10.2 Å². The van der Waals surface area contributed by atoms with Crippen molar-refractivity contribution in [2.24, 2.45) is 0 Å². The number of unbranched alkanes of at least 4 members (excludes halogenated alkanes) is 1. The summed E-state index contributed by atoms with van der Waals surface area (Å²) in [5.74, 6) is -0.421. The zero-order chi connectivity index (χ0) is 26.0. The maximum atomic E-state index is 13.0. The number of carbonyl (C=O) groups excluding carboxylic acids is 2. The van der Waals surface area contributed by atoms with E-state index in [2.05, 4.69) is 36.0 Å². The fourth-order valence-corrected chi connectivity index (χ4v) is 3.13. The van der Waals surface area contributed by atoms with Gasteiger partial charge in [0.2, 0.25) is 0 Å². The van der Waals surface area contributed by atoms with E-state index in [-0.39, 0.29) is 24.5 Å². The molecule has 2 heterocycles. The van der Waals surface area contributed by atoms with E-state index in [1.54, 1.807) is 40.8 Å². The van der Waals surface area contributed by atoms with Crippen molar-refractivity contribution in [3.63, 3.8) is 0 Å². The van der Waals surface area contributed by atoms with Crippen molar-refractivity contribution in [2.75, 3.05) is 6.61 Å². The molecule has 0 aliphatic heterocycles. The van der Waals surface area contributed by atoms with Gasteiger partial charge in [0.1, 0.15) is 11.4 Å². The van der Waals surface area contributed by atoms with E-state index in [0.29, 0.717) is 37.9 Å². The lowest BCUT2D eigenvalue weighted by atomic mass is 10.2. The van der Waals surface area contributed by atoms with Gasteiger partial charge in [0.25, 0.3) is 5.91 Å². The molecule has 0 saturated heterocycles. The summed E-state index contributed by atoms with van der Waals surface area (Å²) in [6.45, 7) is 4.21. The normalized spacial score (nSPS) is 11.2.